The molecule has 3 rings (SSSR count). The first-order chi connectivity index (χ1) is 11.9. The van der Waals surface area contributed by atoms with Crippen molar-refractivity contribution in [1.82, 2.24) is 9.21 Å². The van der Waals surface area contributed by atoms with E-state index in [-0.39, 0.29) is 48.5 Å². The monoisotopic (exact) mass is 362 g/mol. The lowest BCUT2D eigenvalue weighted by atomic mass is 10.2. The summed E-state index contributed by atoms with van der Waals surface area (Å²) < 4.78 is 31.9. The van der Waals surface area contributed by atoms with Crippen LogP contribution in [0.3, 0.4) is 0 Å². The molecule has 2 aromatic rings. The Hall–Kier alpha value is -2.45. The molecule has 132 valence electrons. The quantitative estimate of drug-likeness (QED) is 0.772. The average Bonchev–Trinajstić information content (AvgIpc) is 3.16. The minimum absolute atomic E-state index is 0.0889. The minimum Gasteiger partial charge on any atom is -0.459 e. The number of sulfonamides is 1. The number of hydrogen-bond donors (Lipinski definition) is 0. The molecule has 0 atom stereocenters. The Morgan fingerprint density at radius 1 is 1.04 bits per heavy atom. The molecule has 0 N–H and O–H groups in total. The predicted octanol–water partition coefficient (Wildman–Crippen LogP) is 1.63. The lowest BCUT2D eigenvalue weighted by molar-refractivity contribution is 0.0666. The van der Waals surface area contributed by atoms with Crippen LogP contribution in [0.1, 0.15) is 27.8 Å². The fraction of sp³-hybridized carbons (Fsp3) is 0.294. The van der Waals surface area contributed by atoms with Crippen molar-refractivity contribution in [3.8, 4) is 0 Å². The molecule has 0 bridgehead atoms. The first kappa shape index (κ1) is 17.4. The highest BCUT2D eigenvalue weighted by atomic mass is 32.2. The van der Waals surface area contributed by atoms with Crippen LogP contribution in [0.15, 0.2) is 52.0 Å². The molecular formula is C17H18N2O5S. The standard InChI is InChI=1S/C17H18N2O5S/c1-13(20)14-4-2-5-15(12-14)25(22,23)19-9-7-18(8-10-19)17(21)16-6-3-11-24-16/h2-6,11-12H,7-10H2,1H3. The maximum absolute atomic E-state index is 12.8. The minimum atomic E-state index is -3.70. The van der Waals surface area contributed by atoms with E-state index in [1.54, 1.807) is 29.2 Å². The largest absolute Gasteiger partial charge is 0.459 e. The fourth-order valence-electron chi connectivity index (χ4n) is 2.71. The molecule has 1 fully saturated rings. The molecule has 7 nitrogen and oxygen atoms in total. The van der Waals surface area contributed by atoms with Crippen molar-refractivity contribution < 1.29 is 22.4 Å². The van der Waals surface area contributed by atoms with Gasteiger partial charge < -0.3 is 9.32 Å². The van der Waals surface area contributed by atoms with E-state index in [0.29, 0.717) is 5.56 Å². The van der Waals surface area contributed by atoms with Gasteiger partial charge in [0.05, 0.1) is 11.2 Å². The highest BCUT2D eigenvalue weighted by Gasteiger charge is 2.31. The molecule has 0 aliphatic carbocycles. The van der Waals surface area contributed by atoms with Crippen LogP contribution >= 0.6 is 0 Å². The van der Waals surface area contributed by atoms with Crippen molar-refractivity contribution >= 4 is 21.7 Å². The van der Waals surface area contributed by atoms with Crippen molar-refractivity contribution in [1.29, 1.82) is 0 Å². The number of Topliss-reactive ketones (excluding diaryl/α,β-unsaturated/α-hetero) is 1. The number of amides is 1. The summed E-state index contributed by atoms with van der Waals surface area (Å²) in [6.07, 6.45) is 1.43. The summed E-state index contributed by atoms with van der Waals surface area (Å²) in [6.45, 7) is 2.35. The molecule has 8 heteroatoms. The summed E-state index contributed by atoms with van der Waals surface area (Å²) in [5, 5.41) is 0. The van der Waals surface area contributed by atoms with Crippen molar-refractivity contribution in [2.75, 3.05) is 26.2 Å². The number of piperazine rings is 1. The first-order valence-corrected chi connectivity index (χ1v) is 9.27. The van der Waals surface area contributed by atoms with E-state index in [4.69, 9.17) is 4.42 Å². The van der Waals surface area contributed by atoms with E-state index in [9.17, 15) is 18.0 Å². The SMILES string of the molecule is CC(=O)c1cccc(S(=O)(=O)N2CCN(C(=O)c3ccco3)CC2)c1. The number of carbonyl (C=O) groups excluding carboxylic acids is 2. The van der Waals surface area contributed by atoms with Gasteiger partial charge in [0.15, 0.2) is 11.5 Å². The number of nitrogens with zero attached hydrogens (tertiary/aromatic N) is 2. The van der Waals surface area contributed by atoms with Gasteiger partial charge in [-0.2, -0.15) is 4.31 Å². The van der Waals surface area contributed by atoms with Crippen LogP contribution in [-0.4, -0.2) is 55.5 Å². The van der Waals surface area contributed by atoms with E-state index >= 15 is 0 Å². The summed E-state index contributed by atoms with van der Waals surface area (Å²) in [6, 6.07) is 9.22. The number of rotatable bonds is 4. The lowest BCUT2D eigenvalue weighted by Crippen LogP contribution is -2.50. The topological polar surface area (TPSA) is 87.9 Å². The van der Waals surface area contributed by atoms with Crippen molar-refractivity contribution in [2.45, 2.75) is 11.8 Å². The Balaban J connectivity index is 1.72. The molecule has 1 aromatic carbocycles. The van der Waals surface area contributed by atoms with Gasteiger partial charge in [-0.3, -0.25) is 9.59 Å². The molecule has 0 unspecified atom stereocenters. The second-order valence-electron chi connectivity index (χ2n) is 5.76. The molecule has 1 saturated heterocycles. The molecule has 1 aliphatic heterocycles. The zero-order valence-corrected chi connectivity index (χ0v) is 14.5. The third-order valence-corrected chi connectivity index (χ3v) is 6.03. The number of hydrogen-bond acceptors (Lipinski definition) is 5. The number of benzene rings is 1. The van der Waals surface area contributed by atoms with Crippen molar-refractivity contribution in [3.05, 3.63) is 54.0 Å². The van der Waals surface area contributed by atoms with Gasteiger partial charge in [-0.25, -0.2) is 8.42 Å². The molecule has 0 spiro atoms. The van der Waals surface area contributed by atoms with Gasteiger partial charge in [-0.1, -0.05) is 12.1 Å². The van der Waals surface area contributed by atoms with Crippen LogP contribution in [0.25, 0.3) is 0 Å². The normalized spacial score (nSPS) is 16.0. The third kappa shape index (κ3) is 3.49. The Labute approximate surface area is 145 Å². The Morgan fingerprint density at radius 2 is 1.76 bits per heavy atom. The number of carbonyl (C=O) groups is 2. The van der Waals surface area contributed by atoms with Gasteiger partial charge in [0.25, 0.3) is 5.91 Å². The van der Waals surface area contributed by atoms with Crippen LogP contribution < -0.4 is 0 Å². The van der Waals surface area contributed by atoms with E-state index in [1.165, 1.54) is 29.6 Å². The maximum atomic E-state index is 12.8. The van der Waals surface area contributed by atoms with Crippen LogP contribution in [-0.2, 0) is 10.0 Å². The second-order valence-corrected chi connectivity index (χ2v) is 7.70. The molecule has 2 heterocycles. The molecule has 25 heavy (non-hydrogen) atoms. The summed E-state index contributed by atoms with van der Waals surface area (Å²) in [4.78, 5) is 25.4. The molecule has 1 amide bonds. The first-order valence-electron chi connectivity index (χ1n) is 7.83. The van der Waals surface area contributed by atoms with Crippen LogP contribution in [0, 0.1) is 0 Å². The molecule has 0 saturated carbocycles. The van der Waals surface area contributed by atoms with Gasteiger partial charge in [0.1, 0.15) is 0 Å². The predicted molar refractivity (Wildman–Crippen MR) is 89.8 cm³/mol. The van der Waals surface area contributed by atoms with Gasteiger partial charge in [-0.15, -0.1) is 0 Å². The Bertz CT molecular complexity index is 882. The van der Waals surface area contributed by atoms with Crippen molar-refractivity contribution in [3.63, 3.8) is 0 Å². The summed E-state index contributed by atoms with van der Waals surface area (Å²) in [5.74, 6) is -0.197. The average molecular weight is 362 g/mol. The van der Waals surface area contributed by atoms with E-state index in [0.717, 1.165) is 0 Å². The smallest absolute Gasteiger partial charge is 0.289 e. The number of furan rings is 1. The van der Waals surface area contributed by atoms with Crippen LogP contribution in [0.5, 0.6) is 0 Å². The van der Waals surface area contributed by atoms with E-state index in [2.05, 4.69) is 0 Å². The zero-order chi connectivity index (χ0) is 18.0. The van der Waals surface area contributed by atoms with E-state index in [1.807, 2.05) is 0 Å². The molecular weight excluding hydrogens is 344 g/mol. The van der Waals surface area contributed by atoms with Crippen molar-refractivity contribution in [2.24, 2.45) is 0 Å². The second kappa shape index (κ2) is 6.81. The fourth-order valence-corrected chi connectivity index (χ4v) is 4.18. The third-order valence-electron chi connectivity index (χ3n) is 4.14. The molecule has 1 aromatic heterocycles. The van der Waals surface area contributed by atoms with Gasteiger partial charge in [0.2, 0.25) is 10.0 Å². The molecule has 0 radical (unpaired) electrons. The van der Waals surface area contributed by atoms with Crippen LogP contribution in [0.2, 0.25) is 0 Å². The van der Waals surface area contributed by atoms with Gasteiger partial charge >= 0.3 is 0 Å². The lowest BCUT2D eigenvalue weighted by Gasteiger charge is -2.33. The van der Waals surface area contributed by atoms with Gasteiger partial charge in [0, 0.05) is 31.7 Å². The summed E-state index contributed by atoms with van der Waals surface area (Å²) in [7, 11) is -3.70. The zero-order valence-electron chi connectivity index (χ0n) is 13.7. The maximum Gasteiger partial charge on any atom is 0.289 e. The summed E-state index contributed by atoms with van der Waals surface area (Å²) in [5.41, 5.74) is 0.354. The Kier molecular flexibility index (Phi) is 4.73. The van der Waals surface area contributed by atoms with Crippen LogP contribution in [0.4, 0.5) is 0 Å². The van der Waals surface area contributed by atoms with E-state index < -0.39 is 10.0 Å². The Morgan fingerprint density at radius 3 is 2.36 bits per heavy atom. The molecule has 1 aliphatic rings. The van der Waals surface area contributed by atoms with Gasteiger partial charge in [-0.05, 0) is 31.2 Å². The highest BCUT2D eigenvalue weighted by molar-refractivity contribution is 7.89. The number of ketones is 1. The highest BCUT2D eigenvalue weighted by Crippen LogP contribution is 2.20. The summed E-state index contributed by atoms with van der Waals surface area (Å²) >= 11 is 0.